The van der Waals surface area contributed by atoms with E-state index in [0.29, 0.717) is 13.2 Å². The number of nitrogens with two attached hydrogens (primary N) is 1. The summed E-state index contributed by atoms with van der Waals surface area (Å²) in [6.45, 7) is 6.12. The lowest BCUT2D eigenvalue weighted by molar-refractivity contribution is -0.123. The van der Waals surface area contributed by atoms with Crippen LogP contribution in [0.25, 0.3) is 0 Å². The van der Waals surface area contributed by atoms with E-state index in [-0.39, 0.29) is 18.2 Å². The second-order valence-corrected chi connectivity index (χ2v) is 3.61. The Morgan fingerprint density at radius 1 is 1.60 bits per heavy atom. The van der Waals surface area contributed by atoms with Crippen LogP contribution in [0.2, 0.25) is 0 Å². The van der Waals surface area contributed by atoms with E-state index in [0.717, 1.165) is 0 Å². The number of hydrogen-bond donors (Lipinski definition) is 3. The zero-order valence-corrected chi connectivity index (χ0v) is 9.41. The topological polar surface area (TPSA) is 96.9 Å². The second kappa shape index (κ2) is 6.23. The third kappa shape index (κ3) is 5.21. The van der Waals surface area contributed by atoms with Crippen LogP contribution in [0.15, 0.2) is 5.16 Å². The maximum atomic E-state index is 11.4. The molecule has 15 heavy (non-hydrogen) atoms. The van der Waals surface area contributed by atoms with Crippen LogP contribution in [0.5, 0.6) is 0 Å². The summed E-state index contributed by atoms with van der Waals surface area (Å²) in [6.07, 6.45) is 0.260. The van der Waals surface area contributed by atoms with Crippen molar-refractivity contribution in [3.63, 3.8) is 0 Å². The molecule has 0 aliphatic heterocycles. The third-order valence-corrected chi connectivity index (χ3v) is 1.88. The van der Waals surface area contributed by atoms with Crippen molar-refractivity contribution in [3.05, 3.63) is 0 Å². The van der Waals surface area contributed by atoms with Crippen molar-refractivity contribution in [2.45, 2.75) is 32.7 Å². The monoisotopic (exact) mass is 217 g/mol. The molecular formula is C9H19N3O3. The molecule has 0 radical (unpaired) electrons. The quantitative estimate of drug-likeness (QED) is 0.192. The highest BCUT2D eigenvalue weighted by molar-refractivity contribution is 5.93. The van der Waals surface area contributed by atoms with E-state index < -0.39 is 5.54 Å². The number of amidine groups is 1. The molecule has 0 bridgehead atoms. The molecule has 0 aliphatic rings. The maximum Gasteiger partial charge on any atom is 0.223 e. The minimum Gasteiger partial charge on any atom is -0.409 e. The van der Waals surface area contributed by atoms with E-state index in [1.807, 2.05) is 6.92 Å². The summed E-state index contributed by atoms with van der Waals surface area (Å²) in [6, 6.07) is 0. The van der Waals surface area contributed by atoms with Gasteiger partial charge in [-0.05, 0) is 20.8 Å². The molecule has 0 heterocycles. The van der Waals surface area contributed by atoms with Crippen LogP contribution in [0.3, 0.4) is 0 Å². The predicted octanol–water partition coefficient (Wildman–Crippen LogP) is 0.0542. The summed E-state index contributed by atoms with van der Waals surface area (Å²) in [5.41, 5.74) is 4.56. The van der Waals surface area contributed by atoms with Crippen LogP contribution in [0, 0.1) is 0 Å². The van der Waals surface area contributed by atoms with Gasteiger partial charge in [0.2, 0.25) is 5.91 Å². The number of carbonyl (C=O) groups is 1. The van der Waals surface area contributed by atoms with E-state index in [1.165, 1.54) is 0 Å². The summed E-state index contributed by atoms with van der Waals surface area (Å²) in [7, 11) is 0. The highest BCUT2D eigenvalue weighted by Gasteiger charge is 2.25. The van der Waals surface area contributed by atoms with Gasteiger partial charge in [-0.25, -0.2) is 0 Å². The third-order valence-electron chi connectivity index (χ3n) is 1.88. The lowest BCUT2D eigenvalue weighted by atomic mass is 10.0. The molecule has 0 saturated carbocycles. The van der Waals surface area contributed by atoms with Gasteiger partial charge in [-0.2, -0.15) is 0 Å². The van der Waals surface area contributed by atoms with Crippen LogP contribution >= 0.6 is 0 Å². The molecular weight excluding hydrogens is 198 g/mol. The number of amides is 1. The maximum absolute atomic E-state index is 11.4. The zero-order valence-electron chi connectivity index (χ0n) is 9.41. The smallest absolute Gasteiger partial charge is 0.223 e. The van der Waals surface area contributed by atoms with Crippen molar-refractivity contribution < 1.29 is 14.7 Å². The lowest BCUT2D eigenvalue weighted by Crippen LogP contribution is -2.53. The Morgan fingerprint density at radius 2 is 2.20 bits per heavy atom. The molecule has 0 saturated heterocycles. The highest BCUT2D eigenvalue weighted by Crippen LogP contribution is 2.02. The molecule has 0 fully saturated rings. The molecule has 88 valence electrons. The van der Waals surface area contributed by atoms with E-state index in [2.05, 4.69) is 10.5 Å². The normalized spacial score (nSPS) is 12.6. The van der Waals surface area contributed by atoms with Crippen LogP contribution < -0.4 is 11.1 Å². The molecule has 0 aliphatic carbocycles. The van der Waals surface area contributed by atoms with E-state index in [1.54, 1.807) is 13.8 Å². The van der Waals surface area contributed by atoms with E-state index >= 15 is 0 Å². The van der Waals surface area contributed by atoms with Gasteiger partial charge in [0.15, 0.2) is 5.84 Å². The van der Waals surface area contributed by atoms with Crippen molar-refractivity contribution in [2.75, 3.05) is 13.2 Å². The molecule has 1 amide bonds. The van der Waals surface area contributed by atoms with Gasteiger partial charge in [0, 0.05) is 13.0 Å². The van der Waals surface area contributed by atoms with Crippen LogP contribution in [0.4, 0.5) is 0 Å². The number of ether oxygens (including phenoxy) is 1. The van der Waals surface area contributed by atoms with Gasteiger partial charge in [-0.1, -0.05) is 5.16 Å². The van der Waals surface area contributed by atoms with Gasteiger partial charge in [0.1, 0.15) is 0 Å². The molecule has 0 aromatic heterocycles. The average molecular weight is 217 g/mol. The first kappa shape index (κ1) is 13.7. The first-order chi connectivity index (χ1) is 6.94. The largest absolute Gasteiger partial charge is 0.409 e. The minimum atomic E-state index is -0.849. The van der Waals surface area contributed by atoms with E-state index in [4.69, 9.17) is 15.7 Å². The molecule has 0 rings (SSSR count). The molecule has 0 aromatic carbocycles. The van der Waals surface area contributed by atoms with Crippen LogP contribution in [0.1, 0.15) is 27.2 Å². The fourth-order valence-corrected chi connectivity index (χ4v) is 0.909. The average Bonchev–Trinajstić information content (AvgIpc) is 2.16. The van der Waals surface area contributed by atoms with Gasteiger partial charge in [-0.15, -0.1) is 0 Å². The first-order valence-corrected chi connectivity index (χ1v) is 4.80. The summed E-state index contributed by atoms with van der Waals surface area (Å²) in [5.74, 6) is -0.229. The molecule has 4 N–H and O–H groups in total. The van der Waals surface area contributed by atoms with Gasteiger partial charge < -0.3 is 21.0 Å². The summed E-state index contributed by atoms with van der Waals surface area (Å²) >= 11 is 0. The van der Waals surface area contributed by atoms with Crippen molar-refractivity contribution in [2.24, 2.45) is 10.9 Å². The molecule has 6 nitrogen and oxygen atoms in total. The Balaban J connectivity index is 4.05. The van der Waals surface area contributed by atoms with Crippen molar-refractivity contribution in [1.82, 2.24) is 5.32 Å². The minimum absolute atomic E-state index is 0.0349. The molecule has 0 aromatic rings. The van der Waals surface area contributed by atoms with Gasteiger partial charge >= 0.3 is 0 Å². The molecule has 0 atom stereocenters. The number of carbonyl (C=O) groups excluding carboxylic acids is 1. The second-order valence-electron chi connectivity index (χ2n) is 3.61. The van der Waals surface area contributed by atoms with E-state index in [9.17, 15) is 4.79 Å². The number of hydrogen-bond acceptors (Lipinski definition) is 4. The van der Waals surface area contributed by atoms with Gasteiger partial charge in [0.05, 0.1) is 12.1 Å². The van der Waals surface area contributed by atoms with Gasteiger partial charge in [-0.3, -0.25) is 4.79 Å². The Kier molecular flexibility index (Phi) is 5.69. The number of nitrogens with zero attached hydrogens (tertiary/aromatic N) is 1. The summed E-state index contributed by atoms with van der Waals surface area (Å²) in [4.78, 5) is 11.4. The van der Waals surface area contributed by atoms with Gasteiger partial charge in [0.25, 0.3) is 0 Å². The Morgan fingerprint density at radius 3 is 2.67 bits per heavy atom. The standard InChI is InChI=1S/C9H19N3O3/c1-4-15-6-5-7(13)11-9(2,3)8(10)12-14/h14H,4-6H2,1-3H3,(H2,10,12)(H,11,13). The highest BCUT2D eigenvalue weighted by atomic mass is 16.5. The van der Waals surface area contributed by atoms with Crippen LogP contribution in [-0.4, -0.2) is 35.7 Å². The van der Waals surface area contributed by atoms with Crippen molar-refractivity contribution >= 4 is 11.7 Å². The fraction of sp³-hybridized carbons (Fsp3) is 0.778. The Labute approximate surface area is 89.5 Å². The van der Waals surface area contributed by atoms with Crippen LogP contribution in [-0.2, 0) is 9.53 Å². The fourth-order valence-electron chi connectivity index (χ4n) is 0.909. The zero-order chi connectivity index (χ0) is 11.9. The number of rotatable bonds is 6. The summed E-state index contributed by atoms with van der Waals surface area (Å²) in [5, 5.41) is 14.0. The first-order valence-electron chi connectivity index (χ1n) is 4.80. The predicted molar refractivity (Wildman–Crippen MR) is 56.7 cm³/mol. The SMILES string of the molecule is CCOCCC(=O)NC(C)(C)C(N)=NO. The molecule has 0 spiro atoms. The molecule has 6 heteroatoms. The summed E-state index contributed by atoms with van der Waals surface area (Å²) < 4.78 is 5.03. The lowest BCUT2D eigenvalue weighted by Gasteiger charge is -2.24. The van der Waals surface area contributed by atoms with Crippen molar-refractivity contribution in [1.29, 1.82) is 0 Å². The Bertz CT molecular complexity index is 239. The number of oxime groups is 1. The molecule has 0 unspecified atom stereocenters. The van der Waals surface area contributed by atoms with Crippen molar-refractivity contribution in [3.8, 4) is 0 Å². The Hall–Kier alpha value is -1.30. The number of nitrogens with one attached hydrogen (secondary N) is 1.